The predicted molar refractivity (Wildman–Crippen MR) is 124 cm³/mol. The SMILES string of the molecule is C=NCc1ccc2c3c([nH]c2c1)C(C)(C)c1ccc(OC[C@H]2COC(C)(C)O2)cc1C3=O. The molecule has 32 heavy (non-hydrogen) atoms. The molecule has 166 valence electrons. The van der Waals surface area contributed by atoms with Gasteiger partial charge in [0, 0.05) is 27.6 Å². The number of ether oxygens (including phenoxy) is 3. The van der Waals surface area contributed by atoms with Gasteiger partial charge in [-0.3, -0.25) is 9.79 Å². The smallest absolute Gasteiger partial charge is 0.195 e. The average molecular weight is 433 g/mol. The van der Waals surface area contributed by atoms with Gasteiger partial charge in [0.1, 0.15) is 18.5 Å². The van der Waals surface area contributed by atoms with Crippen molar-refractivity contribution in [1.82, 2.24) is 4.98 Å². The van der Waals surface area contributed by atoms with Gasteiger partial charge in [0.2, 0.25) is 0 Å². The van der Waals surface area contributed by atoms with Crippen molar-refractivity contribution in [1.29, 1.82) is 0 Å². The van der Waals surface area contributed by atoms with Crippen LogP contribution in [0.15, 0.2) is 41.4 Å². The molecule has 1 atom stereocenters. The molecule has 0 amide bonds. The summed E-state index contributed by atoms with van der Waals surface area (Å²) in [6, 6.07) is 11.8. The number of aliphatic imine (C=N–C) groups is 1. The van der Waals surface area contributed by atoms with Crippen LogP contribution in [0.2, 0.25) is 0 Å². The summed E-state index contributed by atoms with van der Waals surface area (Å²) in [6.07, 6.45) is -0.132. The molecule has 1 N–H and O–H groups in total. The first-order valence-electron chi connectivity index (χ1n) is 10.9. The normalized spacial score (nSPS) is 20.8. The van der Waals surface area contributed by atoms with E-state index >= 15 is 0 Å². The van der Waals surface area contributed by atoms with Crippen molar-refractivity contribution in [2.24, 2.45) is 4.99 Å². The lowest BCUT2D eigenvalue weighted by atomic mass is 9.71. The molecule has 1 aliphatic heterocycles. The maximum absolute atomic E-state index is 13.6. The van der Waals surface area contributed by atoms with Gasteiger partial charge in [0.25, 0.3) is 0 Å². The molecule has 1 aromatic heterocycles. The van der Waals surface area contributed by atoms with E-state index in [0.717, 1.165) is 33.3 Å². The molecule has 6 nitrogen and oxygen atoms in total. The number of carbonyl (C=O) groups excluding carboxylic acids is 1. The van der Waals surface area contributed by atoms with Crippen LogP contribution in [0.3, 0.4) is 0 Å². The maximum atomic E-state index is 13.6. The van der Waals surface area contributed by atoms with Crippen molar-refractivity contribution in [2.75, 3.05) is 13.2 Å². The number of H-pyrrole nitrogens is 1. The first-order valence-corrected chi connectivity index (χ1v) is 10.9. The largest absolute Gasteiger partial charge is 0.491 e. The lowest BCUT2D eigenvalue weighted by Gasteiger charge is -2.32. The van der Waals surface area contributed by atoms with Gasteiger partial charge in [0.05, 0.1) is 18.7 Å². The Morgan fingerprint density at radius 1 is 1.19 bits per heavy atom. The third kappa shape index (κ3) is 3.34. The van der Waals surface area contributed by atoms with Crippen LogP contribution < -0.4 is 4.74 Å². The molecule has 0 bridgehead atoms. The van der Waals surface area contributed by atoms with Crippen molar-refractivity contribution in [3.05, 3.63) is 64.3 Å². The first-order chi connectivity index (χ1) is 15.2. The van der Waals surface area contributed by atoms with Crippen LogP contribution in [0.1, 0.15) is 60.4 Å². The minimum atomic E-state index is -0.586. The van der Waals surface area contributed by atoms with Gasteiger partial charge < -0.3 is 19.2 Å². The van der Waals surface area contributed by atoms with E-state index < -0.39 is 5.79 Å². The van der Waals surface area contributed by atoms with Crippen LogP contribution in [0.4, 0.5) is 0 Å². The number of fused-ring (bicyclic) bond motifs is 4. The van der Waals surface area contributed by atoms with Gasteiger partial charge in [-0.15, -0.1) is 0 Å². The van der Waals surface area contributed by atoms with Gasteiger partial charge in [-0.25, -0.2) is 0 Å². The summed E-state index contributed by atoms with van der Waals surface area (Å²) in [6.45, 7) is 13.1. The minimum Gasteiger partial charge on any atom is -0.491 e. The molecule has 2 aliphatic rings. The Hall–Kier alpha value is -2.96. The molecule has 3 aromatic rings. The zero-order valence-corrected chi connectivity index (χ0v) is 19.0. The standard InChI is InChI=1S/C26H28N2O4/c1-25(2)20-9-7-16(30-13-17-14-31-26(3,4)32-17)11-19(20)23(29)22-18-8-6-15(12-27-5)10-21(18)28-24(22)25/h6-11,17,28H,5,12-14H2,1-4H3/t17-/m0/s1. The van der Waals surface area contributed by atoms with Crippen molar-refractivity contribution in [3.8, 4) is 5.75 Å². The molecule has 6 heteroatoms. The van der Waals surface area contributed by atoms with Gasteiger partial charge in [-0.05, 0) is 49.9 Å². The second kappa shape index (κ2) is 7.29. The highest BCUT2D eigenvalue weighted by Gasteiger charge is 2.40. The zero-order chi connectivity index (χ0) is 22.7. The topological polar surface area (TPSA) is 72.9 Å². The number of benzene rings is 2. The highest BCUT2D eigenvalue weighted by molar-refractivity contribution is 6.20. The highest BCUT2D eigenvalue weighted by atomic mass is 16.7. The molecular weight excluding hydrogens is 404 g/mol. The van der Waals surface area contributed by atoms with E-state index in [1.165, 1.54) is 0 Å². The van der Waals surface area contributed by atoms with Gasteiger partial charge >= 0.3 is 0 Å². The van der Waals surface area contributed by atoms with Crippen molar-refractivity contribution in [3.63, 3.8) is 0 Å². The number of hydrogen-bond donors (Lipinski definition) is 1. The Morgan fingerprint density at radius 3 is 2.72 bits per heavy atom. The van der Waals surface area contributed by atoms with E-state index in [-0.39, 0.29) is 17.3 Å². The third-order valence-corrected chi connectivity index (χ3v) is 6.42. The Bertz CT molecular complexity index is 1240. The van der Waals surface area contributed by atoms with Crippen LogP contribution in [-0.2, 0) is 21.4 Å². The fraction of sp³-hybridized carbons (Fsp3) is 0.385. The van der Waals surface area contributed by atoms with Crippen LogP contribution in [-0.4, -0.2) is 42.6 Å². The average Bonchev–Trinajstić information content (AvgIpc) is 3.31. The highest BCUT2D eigenvalue weighted by Crippen LogP contribution is 2.44. The van der Waals surface area contributed by atoms with E-state index in [4.69, 9.17) is 14.2 Å². The lowest BCUT2D eigenvalue weighted by molar-refractivity contribution is -0.141. The van der Waals surface area contributed by atoms with E-state index in [0.29, 0.717) is 31.1 Å². The Morgan fingerprint density at radius 2 is 2.00 bits per heavy atom. The number of rotatable bonds is 5. The molecule has 2 aromatic carbocycles. The Kier molecular flexibility index (Phi) is 4.76. The molecule has 0 unspecified atom stereocenters. The van der Waals surface area contributed by atoms with E-state index in [1.54, 1.807) is 0 Å². The molecule has 0 spiro atoms. The maximum Gasteiger partial charge on any atom is 0.195 e. The Labute approximate surface area is 187 Å². The quantitative estimate of drug-likeness (QED) is 0.590. The van der Waals surface area contributed by atoms with Crippen LogP contribution in [0, 0.1) is 0 Å². The molecule has 0 saturated carbocycles. The summed E-state index contributed by atoms with van der Waals surface area (Å²) < 4.78 is 17.4. The summed E-state index contributed by atoms with van der Waals surface area (Å²) >= 11 is 0. The van der Waals surface area contributed by atoms with E-state index in [9.17, 15) is 4.79 Å². The van der Waals surface area contributed by atoms with Gasteiger partial charge in [-0.2, -0.15) is 0 Å². The number of aromatic nitrogens is 1. The van der Waals surface area contributed by atoms with E-state index in [1.807, 2.05) is 44.2 Å². The number of nitrogens with one attached hydrogen (secondary N) is 1. The van der Waals surface area contributed by atoms with Gasteiger partial charge in [0.15, 0.2) is 11.6 Å². The monoisotopic (exact) mass is 432 g/mol. The lowest BCUT2D eigenvalue weighted by Crippen LogP contribution is -2.30. The molecule has 0 radical (unpaired) electrons. The number of carbonyl (C=O) groups is 1. The zero-order valence-electron chi connectivity index (χ0n) is 19.0. The summed E-state index contributed by atoms with van der Waals surface area (Å²) in [4.78, 5) is 21.1. The number of hydrogen-bond acceptors (Lipinski definition) is 5. The molecule has 5 rings (SSSR count). The van der Waals surface area contributed by atoms with Crippen LogP contribution >= 0.6 is 0 Å². The Balaban J connectivity index is 1.49. The van der Waals surface area contributed by atoms with Crippen molar-refractivity contribution >= 4 is 23.4 Å². The van der Waals surface area contributed by atoms with Gasteiger partial charge in [-0.1, -0.05) is 32.0 Å². The fourth-order valence-electron chi connectivity index (χ4n) is 4.83. The molecule has 1 aliphatic carbocycles. The summed E-state index contributed by atoms with van der Waals surface area (Å²) in [5, 5.41) is 0.932. The van der Waals surface area contributed by atoms with Crippen LogP contribution in [0.5, 0.6) is 5.75 Å². The van der Waals surface area contributed by atoms with Crippen molar-refractivity contribution < 1.29 is 19.0 Å². The molecule has 1 saturated heterocycles. The number of nitrogens with zero attached hydrogens (tertiary/aromatic N) is 1. The minimum absolute atomic E-state index is 0.0159. The summed E-state index contributed by atoms with van der Waals surface area (Å²) in [7, 11) is 0. The summed E-state index contributed by atoms with van der Waals surface area (Å²) in [5.74, 6) is 0.0862. The number of ketones is 1. The predicted octanol–water partition coefficient (Wildman–Crippen LogP) is 4.77. The number of aromatic amines is 1. The molecule has 1 fully saturated rings. The second-order valence-electron chi connectivity index (χ2n) is 9.56. The van der Waals surface area contributed by atoms with E-state index in [2.05, 4.69) is 36.6 Å². The second-order valence-corrected chi connectivity index (χ2v) is 9.56. The summed E-state index contributed by atoms with van der Waals surface area (Å²) in [5.41, 5.74) is 5.02. The third-order valence-electron chi connectivity index (χ3n) is 6.42. The molecule has 2 heterocycles. The fourth-order valence-corrected chi connectivity index (χ4v) is 4.83. The van der Waals surface area contributed by atoms with Crippen molar-refractivity contribution in [2.45, 2.75) is 51.5 Å². The van der Waals surface area contributed by atoms with Crippen LogP contribution in [0.25, 0.3) is 10.9 Å². The first kappa shape index (κ1) is 20.9. The molecular formula is C26H28N2O4.